The molecular weight excluding hydrogens is 250 g/mol. The maximum Gasteiger partial charge on any atom is 0.273 e. The highest BCUT2D eigenvalue weighted by Crippen LogP contribution is 2.19. The molecule has 1 saturated heterocycles. The molecule has 1 N–H and O–H groups in total. The van der Waals surface area contributed by atoms with Crippen LogP contribution >= 0.6 is 11.3 Å². The lowest BCUT2D eigenvalue weighted by Crippen LogP contribution is -2.40. The minimum absolute atomic E-state index is 0.678. The van der Waals surface area contributed by atoms with Crippen LogP contribution in [0.5, 0.6) is 5.19 Å². The van der Waals surface area contributed by atoms with E-state index in [4.69, 9.17) is 9.47 Å². The molecule has 1 fully saturated rings. The van der Waals surface area contributed by atoms with Gasteiger partial charge in [-0.2, -0.15) is 0 Å². The SMILES string of the molecule is CCOc1ncc(CNCCN2CCOCC2)s1. The molecule has 0 radical (unpaired) electrons. The molecule has 0 spiro atoms. The number of ether oxygens (including phenoxy) is 2. The quantitative estimate of drug-likeness (QED) is 0.749. The second kappa shape index (κ2) is 7.68. The van der Waals surface area contributed by atoms with E-state index < -0.39 is 0 Å². The van der Waals surface area contributed by atoms with E-state index in [2.05, 4.69) is 15.2 Å². The number of thiazole rings is 1. The number of nitrogens with zero attached hydrogens (tertiary/aromatic N) is 2. The Balaban J connectivity index is 1.59. The van der Waals surface area contributed by atoms with E-state index in [0.717, 1.165) is 51.1 Å². The lowest BCUT2D eigenvalue weighted by atomic mass is 10.4. The molecule has 0 aromatic carbocycles. The average Bonchev–Trinajstić information content (AvgIpc) is 2.84. The Bertz CT molecular complexity index is 340. The third kappa shape index (κ3) is 4.53. The summed E-state index contributed by atoms with van der Waals surface area (Å²) in [5.41, 5.74) is 0. The highest BCUT2D eigenvalue weighted by atomic mass is 32.1. The van der Waals surface area contributed by atoms with Crippen molar-refractivity contribution in [2.24, 2.45) is 0 Å². The van der Waals surface area contributed by atoms with Gasteiger partial charge in [0.15, 0.2) is 0 Å². The Morgan fingerprint density at radius 1 is 1.50 bits per heavy atom. The van der Waals surface area contributed by atoms with Crippen molar-refractivity contribution in [1.29, 1.82) is 0 Å². The summed E-state index contributed by atoms with van der Waals surface area (Å²) < 4.78 is 10.7. The smallest absolute Gasteiger partial charge is 0.273 e. The maximum absolute atomic E-state index is 5.35. The molecule has 0 bridgehead atoms. The summed E-state index contributed by atoms with van der Waals surface area (Å²) in [6.45, 7) is 9.45. The third-order valence-electron chi connectivity index (χ3n) is 2.81. The van der Waals surface area contributed by atoms with Gasteiger partial charge in [0.1, 0.15) is 0 Å². The number of hydrogen-bond acceptors (Lipinski definition) is 6. The molecule has 2 rings (SSSR count). The van der Waals surface area contributed by atoms with E-state index in [1.807, 2.05) is 13.1 Å². The molecule has 2 heterocycles. The van der Waals surface area contributed by atoms with Gasteiger partial charge in [-0.3, -0.25) is 4.90 Å². The van der Waals surface area contributed by atoms with Gasteiger partial charge >= 0.3 is 0 Å². The largest absolute Gasteiger partial charge is 0.470 e. The van der Waals surface area contributed by atoms with Gasteiger partial charge in [-0.25, -0.2) is 4.98 Å². The van der Waals surface area contributed by atoms with Gasteiger partial charge in [0.25, 0.3) is 5.19 Å². The van der Waals surface area contributed by atoms with E-state index in [-0.39, 0.29) is 0 Å². The first-order chi connectivity index (χ1) is 8.88. The van der Waals surface area contributed by atoms with E-state index in [0.29, 0.717) is 6.61 Å². The maximum atomic E-state index is 5.35. The van der Waals surface area contributed by atoms with Crippen molar-refractivity contribution in [3.05, 3.63) is 11.1 Å². The molecule has 0 aliphatic carbocycles. The molecule has 1 aromatic heterocycles. The Labute approximate surface area is 112 Å². The summed E-state index contributed by atoms with van der Waals surface area (Å²) in [7, 11) is 0. The van der Waals surface area contributed by atoms with Crippen LogP contribution in [0.3, 0.4) is 0 Å². The van der Waals surface area contributed by atoms with Crippen LogP contribution in [-0.2, 0) is 11.3 Å². The number of morpholine rings is 1. The van der Waals surface area contributed by atoms with Crippen molar-refractivity contribution in [2.75, 3.05) is 46.0 Å². The van der Waals surface area contributed by atoms with Gasteiger partial charge < -0.3 is 14.8 Å². The summed E-state index contributed by atoms with van der Waals surface area (Å²) >= 11 is 1.61. The Morgan fingerprint density at radius 2 is 2.33 bits per heavy atom. The number of aromatic nitrogens is 1. The standard InChI is InChI=1S/C12H21N3O2S/c1-2-17-12-14-10-11(18-12)9-13-3-4-15-5-7-16-8-6-15/h10,13H,2-9H2,1H3. The van der Waals surface area contributed by atoms with E-state index in [1.165, 1.54) is 4.88 Å². The van der Waals surface area contributed by atoms with Crippen LogP contribution in [0.2, 0.25) is 0 Å². The first-order valence-electron chi connectivity index (χ1n) is 6.47. The van der Waals surface area contributed by atoms with Gasteiger partial charge in [0.05, 0.1) is 19.8 Å². The Hall–Kier alpha value is -0.690. The van der Waals surface area contributed by atoms with Crippen LogP contribution in [0, 0.1) is 0 Å². The molecule has 0 atom stereocenters. The van der Waals surface area contributed by atoms with Crippen LogP contribution in [0.1, 0.15) is 11.8 Å². The van der Waals surface area contributed by atoms with Crippen LogP contribution in [0.25, 0.3) is 0 Å². The first-order valence-corrected chi connectivity index (χ1v) is 7.28. The fourth-order valence-corrected chi connectivity index (χ4v) is 2.62. The van der Waals surface area contributed by atoms with E-state index >= 15 is 0 Å². The van der Waals surface area contributed by atoms with Crippen LogP contribution in [-0.4, -0.2) is 55.9 Å². The monoisotopic (exact) mass is 271 g/mol. The van der Waals surface area contributed by atoms with Crippen molar-refractivity contribution in [1.82, 2.24) is 15.2 Å². The summed E-state index contributed by atoms with van der Waals surface area (Å²) in [5.74, 6) is 0. The summed E-state index contributed by atoms with van der Waals surface area (Å²) in [5, 5.41) is 4.20. The Morgan fingerprint density at radius 3 is 3.11 bits per heavy atom. The normalized spacial score (nSPS) is 16.9. The molecule has 18 heavy (non-hydrogen) atoms. The topological polar surface area (TPSA) is 46.6 Å². The van der Waals surface area contributed by atoms with E-state index in [1.54, 1.807) is 11.3 Å². The zero-order valence-corrected chi connectivity index (χ0v) is 11.7. The molecule has 0 amide bonds. The lowest BCUT2D eigenvalue weighted by molar-refractivity contribution is 0.0384. The van der Waals surface area contributed by atoms with Gasteiger partial charge in [-0.15, -0.1) is 0 Å². The number of hydrogen-bond donors (Lipinski definition) is 1. The predicted molar refractivity (Wildman–Crippen MR) is 72.2 cm³/mol. The van der Waals surface area contributed by atoms with Gasteiger partial charge in [0.2, 0.25) is 0 Å². The highest BCUT2D eigenvalue weighted by molar-refractivity contribution is 7.13. The van der Waals surface area contributed by atoms with Gasteiger partial charge in [-0.1, -0.05) is 11.3 Å². The highest BCUT2D eigenvalue weighted by Gasteiger charge is 2.09. The van der Waals surface area contributed by atoms with Crippen molar-refractivity contribution >= 4 is 11.3 Å². The van der Waals surface area contributed by atoms with Crippen LogP contribution in [0.15, 0.2) is 6.20 Å². The lowest BCUT2D eigenvalue weighted by Gasteiger charge is -2.26. The molecule has 102 valence electrons. The molecular formula is C12H21N3O2S. The van der Waals surface area contributed by atoms with Crippen LogP contribution in [0.4, 0.5) is 0 Å². The molecule has 1 aliphatic rings. The summed E-state index contributed by atoms with van der Waals surface area (Å²) in [6.07, 6.45) is 1.89. The first kappa shape index (κ1) is 13.7. The fraction of sp³-hybridized carbons (Fsp3) is 0.750. The zero-order valence-electron chi connectivity index (χ0n) is 10.9. The minimum atomic E-state index is 0.678. The average molecular weight is 271 g/mol. The fourth-order valence-electron chi connectivity index (χ4n) is 1.84. The summed E-state index contributed by atoms with van der Waals surface area (Å²) in [4.78, 5) is 7.85. The number of rotatable bonds is 7. The second-order valence-corrected chi connectivity index (χ2v) is 5.23. The molecule has 0 unspecified atom stereocenters. The number of nitrogens with one attached hydrogen (secondary N) is 1. The second-order valence-electron chi connectivity index (χ2n) is 4.16. The minimum Gasteiger partial charge on any atom is -0.470 e. The van der Waals surface area contributed by atoms with Crippen molar-refractivity contribution < 1.29 is 9.47 Å². The van der Waals surface area contributed by atoms with Gasteiger partial charge in [-0.05, 0) is 6.92 Å². The molecule has 1 aromatic rings. The van der Waals surface area contributed by atoms with Crippen molar-refractivity contribution in [3.63, 3.8) is 0 Å². The molecule has 6 heteroatoms. The predicted octanol–water partition coefficient (Wildman–Crippen LogP) is 0.964. The van der Waals surface area contributed by atoms with E-state index in [9.17, 15) is 0 Å². The van der Waals surface area contributed by atoms with Gasteiger partial charge in [0, 0.05) is 43.8 Å². The van der Waals surface area contributed by atoms with Crippen molar-refractivity contribution in [2.45, 2.75) is 13.5 Å². The molecule has 1 aliphatic heterocycles. The Kier molecular flexibility index (Phi) is 5.86. The summed E-state index contributed by atoms with van der Waals surface area (Å²) in [6, 6.07) is 0. The van der Waals surface area contributed by atoms with Crippen molar-refractivity contribution in [3.8, 4) is 5.19 Å². The molecule has 0 saturated carbocycles. The molecule has 5 nitrogen and oxygen atoms in total. The third-order valence-corrected chi connectivity index (χ3v) is 3.72. The van der Waals surface area contributed by atoms with Crippen LogP contribution < -0.4 is 10.1 Å². The zero-order chi connectivity index (χ0) is 12.6.